The average molecular weight is 316 g/mol. The van der Waals surface area contributed by atoms with Crippen molar-refractivity contribution in [3.05, 3.63) is 23.9 Å². The molecule has 0 bridgehead atoms. The number of anilines is 1. The third-order valence-electron chi connectivity index (χ3n) is 3.39. The summed E-state index contributed by atoms with van der Waals surface area (Å²) in [4.78, 5) is 18.2. The molecular formula is C17H24N4O2. The number of rotatable bonds is 6. The highest BCUT2D eigenvalue weighted by Gasteiger charge is 2.34. The Morgan fingerprint density at radius 1 is 1.48 bits per heavy atom. The van der Waals surface area contributed by atoms with E-state index >= 15 is 0 Å². The molecule has 0 radical (unpaired) electrons. The van der Waals surface area contributed by atoms with E-state index in [1.54, 1.807) is 18.3 Å². The van der Waals surface area contributed by atoms with E-state index in [4.69, 9.17) is 10.00 Å². The lowest BCUT2D eigenvalue weighted by molar-refractivity contribution is 0.0233. The van der Waals surface area contributed by atoms with E-state index in [0.29, 0.717) is 24.7 Å². The van der Waals surface area contributed by atoms with Gasteiger partial charge in [-0.1, -0.05) is 0 Å². The first-order chi connectivity index (χ1) is 10.9. The molecule has 23 heavy (non-hydrogen) atoms. The van der Waals surface area contributed by atoms with Gasteiger partial charge in [0.25, 0.3) is 0 Å². The minimum absolute atomic E-state index is 0.225. The van der Waals surface area contributed by atoms with Crippen molar-refractivity contribution < 1.29 is 9.53 Å². The molecule has 0 unspecified atom stereocenters. The number of nitrogens with zero attached hydrogens (tertiary/aromatic N) is 3. The van der Waals surface area contributed by atoms with Crippen LogP contribution < -0.4 is 5.32 Å². The summed E-state index contributed by atoms with van der Waals surface area (Å²) >= 11 is 0. The van der Waals surface area contributed by atoms with Crippen molar-refractivity contribution in [1.82, 2.24) is 9.88 Å². The van der Waals surface area contributed by atoms with Gasteiger partial charge in [-0.3, -0.25) is 0 Å². The molecule has 1 saturated carbocycles. The zero-order valence-electron chi connectivity index (χ0n) is 14.0. The maximum Gasteiger partial charge on any atom is 0.410 e. The Hall–Kier alpha value is -2.29. The van der Waals surface area contributed by atoms with Gasteiger partial charge < -0.3 is 15.0 Å². The second kappa shape index (κ2) is 7.32. The van der Waals surface area contributed by atoms with Crippen molar-refractivity contribution in [2.75, 3.05) is 18.4 Å². The molecule has 0 atom stereocenters. The Labute approximate surface area is 137 Å². The van der Waals surface area contributed by atoms with E-state index in [2.05, 4.69) is 10.3 Å². The molecule has 1 aromatic heterocycles. The molecule has 0 aromatic carbocycles. The molecule has 2 rings (SSSR count). The van der Waals surface area contributed by atoms with Crippen molar-refractivity contribution in [3.63, 3.8) is 0 Å². The number of hydrogen-bond donors (Lipinski definition) is 1. The minimum atomic E-state index is -0.463. The maximum absolute atomic E-state index is 12.2. The first kappa shape index (κ1) is 17.1. The predicted molar refractivity (Wildman–Crippen MR) is 88.0 cm³/mol. The smallest absolute Gasteiger partial charge is 0.410 e. The molecule has 1 aliphatic rings. The highest BCUT2D eigenvalue weighted by molar-refractivity contribution is 5.69. The van der Waals surface area contributed by atoms with Crippen molar-refractivity contribution in [2.24, 2.45) is 0 Å². The van der Waals surface area contributed by atoms with E-state index < -0.39 is 5.60 Å². The largest absolute Gasteiger partial charge is 0.444 e. The van der Waals surface area contributed by atoms with Gasteiger partial charge in [0.1, 0.15) is 17.5 Å². The first-order valence-electron chi connectivity index (χ1n) is 7.99. The van der Waals surface area contributed by atoms with Gasteiger partial charge in [-0.2, -0.15) is 5.26 Å². The van der Waals surface area contributed by atoms with Crippen molar-refractivity contribution >= 4 is 11.9 Å². The standard InChI is InChI=1S/C17H24N4O2/c1-17(2,3)23-16(22)21(14-6-7-14)10-4-9-19-15-8-5-13(11-18)12-20-15/h5,8,12,14H,4,6-7,9-10H2,1-3H3,(H,19,20). The molecule has 1 heterocycles. The van der Waals surface area contributed by atoms with E-state index in [0.717, 1.165) is 25.1 Å². The van der Waals surface area contributed by atoms with Crippen LogP contribution in [-0.4, -0.2) is 40.7 Å². The Bertz CT molecular complexity index is 568. The minimum Gasteiger partial charge on any atom is -0.444 e. The molecule has 0 aliphatic heterocycles. The number of amides is 1. The van der Waals surface area contributed by atoms with Crippen molar-refractivity contribution in [2.45, 2.75) is 51.7 Å². The molecule has 0 saturated heterocycles. The van der Waals surface area contributed by atoms with Crippen LogP contribution in [0.2, 0.25) is 0 Å². The molecule has 1 aliphatic carbocycles. The van der Waals surface area contributed by atoms with Gasteiger partial charge in [-0.15, -0.1) is 0 Å². The van der Waals surface area contributed by atoms with Crippen LogP contribution in [0.4, 0.5) is 10.6 Å². The Morgan fingerprint density at radius 3 is 2.74 bits per heavy atom. The monoisotopic (exact) mass is 316 g/mol. The number of hydrogen-bond acceptors (Lipinski definition) is 5. The summed E-state index contributed by atoms with van der Waals surface area (Å²) in [6.45, 7) is 7.03. The van der Waals surface area contributed by atoms with Crippen LogP contribution in [0.1, 0.15) is 45.6 Å². The summed E-state index contributed by atoms with van der Waals surface area (Å²) in [6, 6.07) is 5.88. The van der Waals surface area contributed by atoms with Crippen LogP contribution in [0.25, 0.3) is 0 Å². The van der Waals surface area contributed by atoms with Gasteiger partial charge >= 0.3 is 6.09 Å². The maximum atomic E-state index is 12.2. The first-order valence-corrected chi connectivity index (χ1v) is 7.99. The SMILES string of the molecule is CC(C)(C)OC(=O)N(CCCNc1ccc(C#N)cn1)C1CC1. The molecule has 1 fully saturated rings. The lowest BCUT2D eigenvalue weighted by atomic mass is 10.2. The number of aromatic nitrogens is 1. The molecule has 6 heteroatoms. The number of carbonyl (C=O) groups is 1. The molecule has 1 aromatic rings. The molecular weight excluding hydrogens is 292 g/mol. The lowest BCUT2D eigenvalue weighted by Crippen LogP contribution is -2.39. The summed E-state index contributed by atoms with van der Waals surface area (Å²) in [7, 11) is 0. The zero-order chi connectivity index (χ0) is 16.9. The Balaban J connectivity index is 1.76. The average Bonchev–Trinajstić information content (AvgIpc) is 3.30. The van der Waals surface area contributed by atoms with Crippen LogP contribution in [0.3, 0.4) is 0 Å². The highest BCUT2D eigenvalue weighted by Crippen LogP contribution is 2.28. The number of nitriles is 1. The molecule has 1 amide bonds. The number of carbonyl (C=O) groups excluding carboxylic acids is 1. The molecule has 124 valence electrons. The van der Waals surface area contributed by atoms with Gasteiger partial charge in [-0.05, 0) is 52.2 Å². The van der Waals surface area contributed by atoms with Crippen LogP contribution >= 0.6 is 0 Å². The van der Waals surface area contributed by atoms with Crippen LogP contribution in [0.15, 0.2) is 18.3 Å². The van der Waals surface area contributed by atoms with Crippen LogP contribution in [0.5, 0.6) is 0 Å². The van der Waals surface area contributed by atoms with Crippen molar-refractivity contribution in [1.29, 1.82) is 5.26 Å². The summed E-state index contributed by atoms with van der Waals surface area (Å²) in [5, 5.41) is 11.9. The predicted octanol–water partition coefficient (Wildman–Crippen LogP) is 3.15. The number of pyridine rings is 1. The third-order valence-corrected chi connectivity index (χ3v) is 3.39. The topological polar surface area (TPSA) is 78.2 Å². The second-order valence-corrected chi connectivity index (χ2v) is 6.73. The van der Waals surface area contributed by atoms with E-state index in [-0.39, 0.29) is 6.09 Å². The Morgan fingerprint density at radius 2 is 2.22 bits per heavy atom. The number of nitrogens with one attached hydrogen (secondary N) is 1. The van der Waals surface area contributed by atoms with Gasteiger partial charge in [0.15, 0.2) is 0 Å². The summed E-state index contributed by atoms with van der Waals surface area (Å²) in [5.41, 5.74) is 0.0786. The number of ether oxygens (including phenoxy) is 1. The fourth-order valence-corrected chi connectivity index (χ4v) is 2.16. The molecule has 0 spiro atoms. The molecule has 1 N–H and O–H groups in total. The zero-order valence-corrected chi connectivity index (χ0v) is 14.0. The van der Waals surface area contributed by atoms with E-state index in [9.17, 15) is 4.79 Å². The second-order valence-electron chi connectivity index (χ2n) is 6.73. The Kier molecular flexibility index (Phi) is 5.43. The summed E-state index contributed by atoms with van der Waals surface area (Å²) < 4.78 is 5.47. The lowest BCUT2D eigenvalue weighted by Gasteiger charge is -2.27. The molecule has 6 nitrogen and oxygen atoms in total. The van der Waals surface area contributed by atoms with E-state index in [1.807, 2.05) is 31.7 Å². The van der Waals surface area contributed by atoms with Gasteiger partial charge in [-0.25, -0.2) is 9.78 Å². The fourth-order valence-electron chi connectivity index (χ4n) is 2.16. The van der Waals surface area contributed by atoms with Gasteiger partial charge in [0.2, 0.25) is 0 Å². The summed E-state index contributed by atoms with van der Waals surface area (Å²) in [5.74, 6) is 0.735. The third kappa shape index (κ3) is 5.78. The fraction of sp³-hybridized carbons (Fsp3) is 0.588. The van der Waals surface area contributed by atoms with E-state index in [1.165, 1.54) is 0 Å². The van der Waals surface area contributed by atoms with Crippen molar-refractivity contribution in [3.8, 4) is 6.07 Å². The van der Waals surface area contributed by atoms with Gasteiger partial charge in [0, 0.05) is 25.3 Å². The van der Waals surface area contributed by atoms with Crippen LogP contribution in [0, 0.1) is 11.3 Å². The highest BCUT2D eigenvalue weighted by atomic mass is 16.6. The van der Waals surface area contributed by atoms with Gasteiger partial charge in [0.05, 0.1) is 5.56 Å². The quantitative estimate of drug-likeness (QED) is 0.816. The van der Waals surface area contributed by atoms with Crippen LogP contribution in [-0.2, 0) is 4.74 Å². The summed E-state index contributed by atoms with van der Waals surface area (Å²) in [6.07, 6.45) is 4.25. The normalized spacial score (nSPS) is 14.0.